The zero-order valence-electron chi connectivity index (χ0n) is 12.2. The Labute approximate surface area is 120 Å². The summed E-state index contributed by atoms with van der Waals surface area (Å²) in [6.07, 6.45) is 6.65. The van der Waals surface area contributed by atoms with E-state index in [0.29, 0.717) is 6.04 Å². The zero-order chi connectivity index (χ0) is 14.1. The number of H-pyrrole nitrogens is 1. The molecule has 0 spiro atoms. The number of hydrogen-bond acceptors (Lipinski definition) is 1. The largest absolute Gasteiger partial charge is 0.361 e. The van der Waals surface area contributed by atoms with E-state index in [1.807, 2.05) is 42.4 Å². The predicted octanol–water partition coefficient (Wildman–Crippen LogP) is 3.82. The van der Waals surface area contributed by atoms with Crippen molar-refractivity contribution in [3.8, 4) is 0 Å². The summed E-state index contributed by atoms with van der Waals surface area (Å²) in [5.74, 6) is 0.957. The van der Waals surface area contributed by atoms with Gasteiger partial charge in [-0.3, -0.25) is 4.79 Å². The van der Waals surface area contributed by atoms with Crippen molar-refractivity contribution >= 4 is 16.8 Å². The van der Waals surface area contributed by atoms with Gasteiger partial charge < -0.3 is 9.88 Å². The SMILES string of the molecule is CC1CCC(N(C)C(=O)c2ccc3[nH]ccc3c2)CC1. The van der Waals surface area contributed by atoms with Gasteiger partial charge in [-0.05, 0) is 55.9 Å². The Morgan fingerprint density at radius 1 is 1.20 bits per heavy atom. The Bertz CT molecular complexity index is 608. The van der Waals surface area contributed by atoms with Crippen LogP contribution in [0.2, 0.25) is 0 Å². The van der Waals surface area contributed by atoms with E-state index in [1.165, 1.54) is 12.8 Å². The molecule has 106 valence electrons. The molecule has 1 aliphatic rings. The van der Waals surface area contributed by atoms with Crippen molar-refractivity contribution in [3.05, 3.63) is 36.0 Å². The smallest absolute Gasteiger partial charge is 0.253 e. The predicted molar refractivity (Wildman–Crippen MR) is 81.8 cm³/mol. The quantitative estimate of drug-likeness (QED) is 0.884. The molecule has 0 radical (unpaired) electrons. The van der Waals surface area contributed by atoms with E-state index in [2.05, 4.69) is 11.9 Å². The highest BCUT2D eigenvalue weighted by molar-refractivity contribution is 5.98. The lowest BCUT2D eigenvalue weighted by atomic mass is 9.86. The van der Waals surface area contributed by atoms with Crippen LogP contribution in [-0.2, 0) is 0 Å². The molecule has 20 heavy (non-hydrogen) atoms. The normalized spacial score (nSPS) is 22.9. The monoisotopic (exact) mass is 270 g/mol. The number of fused-ring (bicyclic) bond motifs is 1. The van der Waals surface area contributed by atoms with Gasteiger partial charge in [0, 0.05) is 35.8 Å². The second kappa shape index (κ2) is 5.31. The second-order valence-electron chi connectivity index (χ2n) is 6.11. The average molecular weight is 270 g/mol. The first-order chi connectivity index (χ1) is 9.65. The van der Waals surface area contributed by atoms with Gasteiger partial charge in [0.05, 0.1) is 0 Å². The lowest BCUT2D eigenvalue weighted by molar-refractivity contribution is 0.0679. The number of amides is 1. The summed E-state index contributed by atoms with van der Waals surface area (Å²) in [5.41, 5.74) is 1.87. The van der Waals surface area contributed by atoms with E-state index >= 15 is 0 Å². The maximum Gasteiger partial charge on any atom is 0.253 e. The summed E-state index contributed by atoms with van der Waals surface area (Å²) in [4.78, 5) is 17.7. The van der Waals surface area contributed by atoms with Crippen LogP contribution < -0.4 is 0 Å². The number of hydrogen-bond donors (Lipinski definition) is 1. The number of carbonyl (C=O) groups excluding carboxylic acids is 1. The number of rotatable bonds is 2. The Morgan fingerprint density at radius 3 is 2.70 bits per heavy atom. The van der Waals surface area contributed by atoms with Crippen LogP contribution >= 0.6 is 0 Å². The van der Waals surface area contributed by atoms with Crippen LogP contribution in [-0.4, -0.2) is 28.9 Å². The molecule has 3 nitrogen and oxygen atoms in total. The Hall–Kier alpha value is -1.77. The summed E-state index contributed by atoms with van der Waals surface area (Å²) in [5, 5.41) is 1.10. The first kappa shape index (κ1) is 13.2. The lowest BCUT2D eigenvalue weighted by Crippen LogP contribution is -2.39. The van der Waals surface area contributed by atoms with Gasteiger partial charge >= 0.3 is 0 Å². The number of nitrogens with one attached hydrogen (secondary N) is 1. The third-order valence-corrected chi connectivity index (χ3v) is 4.65. The van der Waals surface area contributed by atoms with Crippen LogP contribution in [0, 0.1) is 5.92 Å². The van der Waals surface area contributed by atoms with Crippen LogP contribution in [0.4, 0.5) is 0 Å². The number of carbonyl (C=O) groups is 1. The molecule has 1 aromatic carbocycles. The summed E-state index contributed by atoms with van der Waals surface area (Å²) in [7, 11) is 1.95. The summed E-state index contributed by atoms with van der Waals surface area (Å²) < 4.78 is 0. The van der Waals surface area contributed by atoms with Crippen LogP contribution in [0.3, 0.4) is 0 Å². The fraction of sp³-hybridized carbons (Fsp3) is 0.471. The molecule has 1 fully saturated rings. The standard InChI is InChI=1S/C17H22N2O/c1-12-3-6-15(7-4-12)19(2)17(20)14-5-8-16-13(11-14)9-10-18-16/h5,8-12,15,18H,3-4,6-7H2,1-2H3. The van der Waals surface area contributed by atoms with E-state index in [0.717, 1.165) is 35.2 Å². The number of aromatic amines is 1. The van der Waals surface area contributed by atoms with Gasteiger partial charge in [0.2, 0.25) is 0 Å². The van der Waals surface area contributed by atoms with E-state index in [-0.39, 0.29) is 5.91 Å². The van der Waals surface area contributed by atoms with Crippen LogP contribution in [0.1, 0.15) is 43.0 Å². The molecule has 1 aromatic heterocycles. The van der Waals surface area contributed by atoms with Crippen molar-refractivity contribution in [2.24, 2.45) is 5.92 Å². The van der Waals surface area contributed by atoms with Gasteiger partial charge in [-0.1, -0.05) is 6.92 Å². The molecule has 1 aliphatic carbocycles. The maximum absolute atomic E-state index is 12.6. The van der Waals surface area contributed by atoms with Crippen LogP contribution in [0.5, 0.6) is 0 Å². The second-order valence-corrected chi connectivity index (χ2v) is 6.11. The molecule has 1 heterocycles. The van der Waals surface area contributed by atoms with Crippen LogP contribution in [0.25, 0.3) is 10.9 Å². The van der Waals surface area contributed by atoms with Crippen LogP contribution in [0.15, 0.2) is 30.5 Å². The molecule has 0 atom stereocenters. The highest BCUT2D eigenvalue weighted by Gasteiger charge is 2.25. The third kappa shape index (κ3) is 2.45. The summed E-state index contributed by atoms with van der Waals surface area (Å²) in [6, 6.07) is 8.30. The summed E-state index contributed by atoms with van der Waals surface area (Å²) >= 11 is 0. The first-order valence-corrected chi connectivity index (χ1v) is 7.49. The topological polar surface area (TPSA) is 36.1 Å². The molecule has 1 saturated carbocycles. The fourth-order valence-corrected chi connectivity index (χ4v) is 3.19. The molecule has 1 amide bonds. The molecule has 0 unspecified atom stereocenters. The van der Waals surface area contributed by atoms with Crippen molar-refractivity contribution in [1.82, 2.24) is 9.88 Å². The van der Waals surface area contributed by atoms with Crippen molar-refractivity contribution in [3.63, 3.8) is 0 Å². The highest BCUT2D eigenvalue weighted by Crippen LogP contribution is 2.27. The molecule has 1 N–H and O–H groups in total. The highest BCUT2D eigenvalue weighted by atomic mass is 16.2. The minimum Gasteiger partial charge on any atom is -0.361 e. The summed E-state index contributed by atoms with van der Waals surface area (Å²) in [6.45, 7) is 2.30. The first-order valence-electron chi connectivity index (χ1n) is 7.49. The Morgan fingerprint density at radius 2 is 1.95 bits per heavy atom. The van der Waals surface area contributed by atoms with Gasteiger partial charge in [-0.2, -0.15) is 0 Å². The van der Waals surface area contributed by atoms with E-state index in [4.69, 9.17) is 0 Å². The van der Waals surface area contributed by atoms with Crippen molar-refractivity contribution in [1.29, 1.82) is 0 Å². The van der Waals surface area contributed by atoms with E-state index < -0.39 is 0 Å². The Balaban J connectivity index is 1.77. The van der Waals surface area contributed by atoms with Gasteiger partial charge in [-0.15, -0.1) is 0 Å². The minimum absolute atomic E-state index is 0.146. The third-order valence-electron chi connectivity index (χ3n) is 4.65. The Kier molecular flexibility index (Phi) is 3.51. The fourth-order valence-electron chi connectivity index (χ4n) is 3.19. The van der Waals surface area contributed by atoms with Gasteiger partial charge in [0.15, 0.2) is 0 Å². The van der Waals surface area contributed by atoms with Crippen molar-refractivity contribution in [2.45, 2.75) is 38.6 Å². The molecule has 3 rings (SSSR count). The van der Waals surface area contributed by atoms with E-state index in [9.17, 15) is 4.79 Å². The molecular weight excluding hydrogens is 248 g/mol. The van der Waals surface area contributed by atoms with Gasteiger partial charge in [0.25, 0.3) is 5.91 Å². The molecule has 2 aromatic rings. The molecule has 0 aliphatic heterocycles. The number of aromatic nitrogens is 1. The van der Waals surface area contributed by atoms with Crippen molar-refractivity contribution in [2.75, 3.05) is 7.05 Å². The molecule has 0 saturated heterocycles. The molecular formula is C17H22N2O. The van der Waals surface area contributed by atoms with Crippen molar-refractivity contribution < 1.29 is 4.79 Å². The number of nitrogens with zero attached hydrogens (tertiary/aromatic N) is 1. The lowest BCUT2D eigenvalue weighted by Gasteiger charge is -2.33. The van der Waals surface area contributed by atoms with Gasteiger partial charge in [-0.25, -0.2) is 0 Å². The zero-order valence-corrected chi connectivity index (χ0v) is 12.2. The molecule has 3 heteroatoms. The average Bonchev–Trinajstić information content (AvgIpc) is 2.94. The maximum atomic E-state index is 12.6. The van der Waals surface area contributed by atoms with Gasteiger partial charge in [0.1, 0.15) is 0 Å². The molecule has 0 bridgehead atoms. The number of benzene rings is 1. The minimum atomic E-state index is 0.146. The van der Waals surface area contributed by atoms with E-state index in [1.54, 1.807) is 0 Å².